The quantitative estimate of drug-likeness (QED) is 0.788. The van der Waals surface area contributed by atoms with Crippen LogP contribution in [0.3, 0.4) is 0 Å². The SMILES string of the molecule is COc1ccc([C@@H]2CCCN2S(=O)(=O)c2ccc(OC)c(Cl)c2)cc1. The monoisotopic (exact) mass is 381 g/mol. The van der Waals surface area contributed by atoms with Crippen molar-refractivity contribution in [3.8, 4) is 11.5 Å². The van der Waals surface area contributed by atoms with Gasteiger partial charge in [-0.15, -0.1) is 0 Å². The molecule has 0 saturated carbocycles. The van der Waals surface area contributed by atoms with Gasteiger partial charge in [0.05, 0.1) is 30.2 Å². The maximum Gasteiger partial charge on any atom is 0.243 e. The Morgan fingerprint density at radius 2 is 1.80 bits per heavy atom. The van der Waals surface area contributed by atoms with Crippen LogP contribution < -0.4 is 9.47 Å². The van der Waals surface area contributed by atoms with E-state index >= 15 is 0 Å². The molecule has 1 aliphatic heterocycles. The lowest BCUT2D eigenvalue weighted by atomic mass is 10.1. The van der Waals surface area contributed by atoms with E-state index in [-0.39, 0.29) is 16.0 Å². The second-order valence-electron chi connectivity index (χ2n) is 5.84. The normalized spacial score (nSPS) is 18.3. The van der Waals surface area contributed by atoms with Crippen LogP contribution in [0.1, 0.15) is 24.4 Å². The zero-order valence-corrected chi connectivity index (χ0v) is 15.7. The number of benzene rings is 2. The van der Waals surface area contributed by atoms with Crippen LogP contribution in [0, 0.1) is 0 Å². The number of methoxy groups -OCH3 is 2. The fraction of sp³-hybridized carbons (Fsp3) is 0.333. The lowest BCUT2D eigenvalue weighted by Crippen LogP contribution is -2.30. The number of rotatable bonds is 5. The summed E-state index contributed by atoms with van der Waals surface area (Å²) >= 11 is 6.11. The van der Waals surface area contributed by atoms with Gasteiger partial charge in [0.15, 0.2) is 0 Å². The lowest BCUT2D eigenvalue weighted by molar-refractivity contribution is 0.394. The van der Waals surface area contributed by atoms with E-state index in [1.54, 1.807) is 17.5 Å². The topological polar surface area (TPSA) is 55.8 Å². The van der Waals surface area contributed by atoms with Crippen LogP contribution in [-0.4, -0.2) is 33.5 Å². The maximum atomic E-state index is 13.1. The van der Waals surface area contributed by atoms with Gasteiger partial charge in [0, 0.05) is 6.54 Å². The molecule has 0 unspecified atom stereocenters. The molecule has 1 atom stereocenters. The zero-order valence-electron chi connectivity index (χ0n) is 14.1. The Bertz CT molecular complexity index is 852. The summed E-state index contributed by atoms with van der Waals surface area (Å²) in [5.74, 6) is 1.20. The van der Waals surface area contributed by atoms with Crippen LogP contribution in [0.2, 0.25) is 5.02 Å². The average Bonchev–Trinajstić information content (AvgIpc) is 3.12. The van der Waals surface area contributed by atoms with Gasteiger partial charge in [0.2, 0.25) is 10.0 Å². The highest BCUT2D eigenvalue weighted by Crippen LogP contribution is 2.38. The third-order valence-corrected chi connectivity index (χ3v) is 6.63. The summed E-state index contributed by atoms with van der Waals surface area (Å²) in [6.45, 7) is 0.489. The van der Waals surface area contributed by atoms with Crippen molar-refractivity contribution in [3.05, 3.63) is 53.1 Å². The molecule has 0 aromatic heterocycles. The smallest absolute Gasteiger partial charge is 0.243 e. The summed E-state index contributed by atoms with van der Waals surface area (Å²) in [6, 6.07) is 11.9. The molecule has 7 heteroatoms. The molecule has 0 aliphatic carbocycles. The second-order valence-corrected chi connectivity index (χ2v) is 8.14. The molecule has 3 rings (SSSR count). The standard InChI is InChI=1S/C18H20ClNO4S/c1-23-14-7-5-13(6-8-14)17-4-3-11-20(17)25(21,22)15-9-10-18(24-2)16(19)12-15/h5-10,12,17H,3-4,11H2,1-2H3/t17-/m0/s1. The Morgan fingerprint density at radius 1 is 1.08 bits per heavy atom. The molecular formula is C18H20ClNO4S. The minimum absolute atomic E-state index is 0.179. The molecule has 1 heterocycles. The number of ether oxygens (including phenoxy) is 2. The first-order valence-corrected chi connectivity index (χ1v) is 9.78. The van der Waals surface area contributed by atoms with Crippen LogP contribution in [-0.2, 0) is 10.0 Å². The number of sulfonamides is 1. The number of hydrogen-bond donors (Lipinski definition) is 0. The predicted octanol–water partition coefficient (Wildman–Crippen LogP) is 3.88. The molecule has 5 nitrogen and oxygen atoms in total. The van der Waals surface area contributed by atoms with Gasteiger partial charge in [0.1, 0.15) is 11.5 Å². The van der Waals surface area contributed by atoms with Crippen molar-refractivity contribution in [1.29, 1.82) is 0 Å². The molecule has 134 valence electrons. The van der Waals surface area contributed by atoms with E-state index in [0.29, 0.717) is 12.3 Å². The highest BCUT2D eigenvalue weighted by atomic mass is 35.5. The van der Waals surface area contributed by atoms with Crippen molar-refractivity contribution in [2.45, 2.75) is 23.8 Å². The van der Waals surface area contributed by atoms with Gasteiger partial charge in [-0.2, -0.15) is 4.31 Å². The number of halogens is 1. The summed E-state index contributed by atoms with van der Waals surface area (Å²) in [4.78, 5) is 0.179. The summed E-state index contributed by atoms with van der Waals surface area (Å²) < 4.78 is 38.0. The Balaban J connectivity index is 1.93. The predicted molar refractivity (Wildman–Crippen MR) is 96.9 cm³/mol. The largest absolute Gasteiger partial charge is 0.497 e. The molecule has 0 N–H and O–H groups in total. The van der Waals surface area contributed by atoms with Crippen molar-refractivity contribution >= 4 is 21.6 Å². The second kappa shape index (κ2) is 7.23. The van der Waals surface area contributed by atoms with Crippen LogP contribution >= 0.6 is 11.6 Å². The fourth-order valence-electron chi connectivity index (χ4n) is 3.13. The summed E-state index contributed by atoms with van der Waals surface area (Å²) in [6.07, 6.45) is 1.61. The van der Waals surface area contributed by atoms with Crippen LogP contribution in [0.25, 0.3) is 0 Å². The first kappa shape index (κ1) is 18.0. The molecule has 2 aromatic carbocycles. The van der Waals surface area contributed by atoms with Gasteiger partial charge in [-0.05, 0) is 48.7 Å². The number of nitrogens with zero attached hydrogens (tertiary/aromatic N) is 1. The fourth-order valence-corrected chi connectivity index (χ4v) is 5.16. The van der Waals surface area contributed by atoms with Crippen molar-refractivity contribution in [1.82, 2.24) is 4.31 Å². The van der Waals surface area contributed by atoms with E-state index < -0.39 is 10.0 Å². The summed E-state index contributed by atoms with van der Waals surface area (Å²) in [7, 11) is -0.536. The maximum absolute atomic E-state index is 13.1. The van der Waals surface area contributed by atoms with E-state index in [1.165, 1.54) is 19.2 Å². The van der Waals surface area contributed by atoms with Crippen molar-refractivity contribution in [2.24, 2.45) is 0 Å². The molecule has 0 radical (unpaired) electrons. The minimum Gasteiger partial charge on any atom is -0.497 e. The van der Waals surface area contributed by atoms with E-state index in [1.807, 2.05) is 24.3 Å². The molecule has 2 aromatic rings. The van der Waals surface area contributed by atoms with Crippen molar-refractivity contribution < 1.29 is 17.9 Å². The zero-order chi connectivity index (χ0) is 18.0. The summed E-state index contributed by atoms with van der Waals surface area (Å²) in [5.41, 5.74) is 0.960. The molecule has 25 heavy (non-hydrogen) atoms. The van der Waals surface area contributed by atoms with Gasteiger partial charge >= 0.3 is 0 Å². The van der Waals surface area contributed by atoms with Gasteiger partial charge in [-0.1, -0.05) is 23.7 Å². The van der Waals surface area contributed by atoms with Gasteiger partial charge in [-0.25, -0.2) is 8.42 Å². The highest BCUT2D eigenvalue weighted by molar-refractivity contribution is 7.89. The van der Waals surface area contributed by atoms with Gasteiger partial charge in [-0.3, -0.25) is 0 Å². The van der Waals surface area contributed by atoms with E-state index in [2.05, 4.69) is 0 Å². The Hall–Kier alpha value is -1.76. The Morgan fingerprint density at radius 3 is 2.40 bits per heavy atom. The van der Waals surface area contributed by atoms with Gasteiger partial charge < -0.3 is 9.47 Å². The van der Waals surface area contributed by atoms with E-state index in [9.17, 15) is 8.42 Å². The Labute approximate surface area is 153 Å². The first-order valence-electron chi connectivity index (χ1n) is 7.96. The Kier molecular flexibility index (Phi) is 5.22. The van der Waals surface area contributed by atoms with Crippen LogP contribution in [0.4, 0.5) is 0 Å². The molecule has 0 spiro atoms. The van der Waals surface area contributed by atoms with Crippen LogP contribution in [0.5, 0.6) is 11.5 Å². The first-order chi connectivity index (χ1) is 12.0. The number of hydrogen-bond acceptors (Lipinski definition) is 4. The van der Waals surface area contributed by atoms with Gasteiger partial charge in [0.25, 0.3) is 0 Å². The molecule has 0 bridgehead atoms. The average molecular weight is 382 g/mol. The molecule has 1 fully saturated rings. The molecule has 0 amide bonds. The molecule has 1 aliphatic rings. The lowest BCUT2D eigenvalue weighted by Gasteiger charge is -2.25. The third kappa shape index (κ3) is 3.47. The molecular weight excluding hydrogens is 362 g/mol. The van der Waals surface area contributed by atoms with E-state index in [0.717, 1.165) is 24.2 Å². The third-order valence-electron chi connectivity index (χ3n) is 4.43. The van der Waals surface area contributed by atoms with Crippen molar-refractivity contribution in [2.75, 3.05) is 20.8 Å². The highest BCUT2D eigenvalue weighted by Gasteiger charge is 2.36. The van der Waals surface area contributed by atoms with Crippen LogP contribution in [0.15, 0.2) is 47.4 Å². The minimum atomic E-state index is -3.64. The molecule has 1 saturated heterocycles. The van der Waals surface area contributed by atoms with E-state index in [4.69, 9.17) is 21.1 Å². The summed E-state index contributed by atoms with van der Waals surface area (Å²) in [5, 5.41) is 0.281. The van der Waals surface area contributed by atoms with Crippen molar-refractivity contribution in [3.63, 3.8) is 0 Å².